The first-order valence-electron chi connectivity index (χ1n) is 5.44. The second-order valence-electron chi connectivity index (χ2n) is 3.72. The van der Waals surface area contributed by atoms with Gasteiger partial charge in [-0.1, -0.05) is 0 Å². The number of carbonyl (C=O) groups excluding carboxylic acids is 2. The Bertz CT molecular complexity index is 336. The smallest absolute Gasteiger partial charge is 0.548 e. The normalized spacial score (nSPS) is 9.26. The largest absolute Gasteiger partial charge is 2.00 e. The summed E-state index contributed by atoms with van der Waals surface area (Å²) in [7, 11) is 0. The van der Waals surface area contributed by atoms with E-state index in [2.05, 4.69) is 0 Å². The van der Waals surface area contributed by atoms with Gasteiger partial charge in [-0.3, -0.25) is 9.59 Å². The molecule has 0 spiro atoms. The number of rotatable bonds is 8. The minimum atomic E-state index is -1.42. The Morgan fingerprint density at radius 2 is 0.852 bits per heavy atom. The van der Waals surface area contributed by atoms with Gasteiger partial charge >= 0.3 is 57.4 Å². The Morgan fingerprint density at radius 3 is 0.963 bits per heavy atom. The van der Waals surface area contributed by atoms with E-state index in [0.717, 1.165) is 0 Å². The van der Waals surface area contributed by atoms with Crippen molar-refractivity contribution in [3.05, 3.63) is 0 Å². The average Bonchev–Trinajstić information content (AvgIpc) is 2.33. The molecule has 0 aromatic heterocycles. The molecule has 17 heteroatoms. The molecule has 0 fully saturated rings. The molecular weight excluding hydrogens is 460 g/mol. The molecule has 2 atom stereocenters. The van der Waals surface area contributed by atoms with Gasteiger partial charge in [-0.05, 0) is 12.8 Å². The number of carboxylic acids is 4. The summed E-state index contributed by atoms with van der Waals surface area (Å²) in [5.41, 5.74) is 9.88. The molecule has 0 aliphatic heterocycles. The van der Waals surface area contributed by atoms with Gasteiger partial charge in [0.2, 0.25) is 0 Å². The minimum Gasteiger partial charge on any atom is -0.548 e. The number of aliphatic carboxylic acids is 4. The van der Waals surface area contributed by atoms with E-state index >= 15 is 0 Å². The Balaban J connectivity index is -0.0000000272. The zero-order valence-electron chi connectivity index (χ0n) is 14.2. The number of carbonyl (C=O) groups is 4. The third kappa shape index (κ3) is 45.8. The predicted octanol–water partition coefficient (Wildman–Crippen LogP) is -9.47. The third-order valence-corrected chi connectivity index (χ3v) is 1.94. The molecule has 0 bridgehead atoms. The van der Waals surface area contributed by atoms with E-state index in [1.165, 1.54) is 0 Å². The summed E-state index contributed by atoms with van der Waals surface area (Å²) in [6.07, 6.45) is -0.653. The van der Waals surface area contributed by atoms with Gasteiger partial charge < -0.3 is 74.3 Å². The van der Waals surface area contributed by atoms with Crippen LogP contribution in [0.5, 0.6) is 0 Å². The Hall–Kier alpha value is -0.959. The van der Waals surface area contributed by atoms with Crippen molar-refractivity contribution < 1.29 is 72.5 Å². The van der Waals surface area contributed by atoms with Gasteiger partial charge in [0.1, 0.15) is 0 Å². The molecular formula is C10H28N2O14Sr. The standard InChI is InChI=1S/2C5H9NO4.6H2O.Sr/c2*6-3(5(9)10)1-2-4(7)8;;;;;;;/h2*3H,1-2,6H2,(H,7,8)(H,9,10);6*1H2;/q;;;;;;;;+2/p-2/t2*3-;;;;;;;/m11......./s1. The van der Waals surface area contributed by atoms with Crippen LogP contribution in [-0.2, 0) is 19.2 Å². The summed E-state index contributed by atoms with van der Waals surface area (Å²) in [6, 6.07) is -2.34. The zero-order valence-corrected chi connectivity index (χ0v) is 17.7. The molecule has 0 saturated carbocycles. The van der Waals surface area contributed by atoms with Crippen LogP contribution in [0.4, 0.5) is 0 Å². The molecule has 0 aliphatic rings. The molecule has 27 heavy (non-hydrogen) atoms. The summed E-state index contributed by atoms with van der Waals surface area (Å²) in [5, 5.41) is 35.9. The van der Waals surface area contributed by atoms with Crippen LogP contribution < -0.4 is 21.7 Å². The van der Waals surface area contributed by atoms with E-state index in [9.17, 15) is 29.4 Å². The Kier molecular flexibility index (Phi) is 68.1. The van der Waals surface area contributed by atoms with Gasteiger partial charge in [-0.15, -0.1) is 0 Å². The average molecular weight is 488 g/mol. The van der Waals surface area contributed by atoms with Gasteiger partial charge in [0.05, 0.1) is 11.9 Å². The number of carboxylic acid groups (broad SMARTS) is 4. The van der Waals surface area contributed by atoms with Gasteiger partial charge in [-0.2, -0.15) is 0 Å². The molecule has 0 rings (SSSR count). The maximum absolute atomic E-state index is 9.88. The first kappa shape index (κ1) is 56.2. The number of nitrogens with two attached hydrogens (primary N) is 2. The van der Waals surface area contributed by atoms with Crippen molar-refractivity contribution in [3.8, 4) is 0 Å². The monoisotopic (exact) mass is 488 g/mol. The van der Waals surface area contributed by atoms with Crippen LogP contribution in [0.1, 0.15) is 25.7 Å². The van der Waals surface area contributed by atoms with Crippen LogP contribution in [-0.4, -0.2) is 125 Å². The summed E-state index contributed by atoms with van der Waals surface area (Å²) in [5.74, 6) is -4.95. The maximum Gasteiger partial charge on any atom is 2.00 e. The summed E-state index contributed by atoms with van der Waals surface area (Å²) < 4.78 is 0. The summed E-state index contributed by atoms with van der Waals surface area (Å²) in [6.45, 7) is 0. The van der Waals surface area contributed by atoms with Gasteiger partial charge in [0.25, 0.3) is 0 Å². The molecule has 0 aromatic carbocycles. The van der Waals surface area contributed by atoms with E-state index in [0.29, 0.717) is 0 Å². The second kappa shape index (κ2) is 32.7. The maximum atomic E-state index is 9.88. The molecule has 0 amide bonds. The van der Waals surface area contributed by atoms with Crippen LogP contribution in [0.25, 0.3) is 0 Å². The third-order valence-electron chi connectivity index (χ3n) is 1.94. The van der Waals surface area contributed by atoms with Gasteiger partial charge in [0.15, 0.2) is 0 Å². The molecule has 0 radical (unpaired) electrons. The number of hydrogen-bond donors (Lipinski definition) is 4. The van der Waals surface area contributed by atoms with Crippen LogP contribution in [0, 0.1) is 0 Å². The van der Waals surface area contributed by atoms with Crippen molar-refractivity contribution in [3.63, 3.8) is 0 Å². The van der Waals surface area contributed by atoms with Crippen molar-refractivity contribution in [2.24, 2.45) is 11.5 Å². The number of hydrogen-bond acceptors (Lipinski definition) is 8. The van der Waals surface area contributed by atoms with E-state index in [4.69, 9.17) is 21.7 Å². The van der Waals surface area contributed by atoms with Crippen LogP contribution in [0.3, 0.4) is 0 Å². The van der Waals surface area contributed by atoms with E-state index in [1.807, 2.05) is 0 Å². The first-order chi connectivity index (χ1) is 9.07. The van der Waals surface area contributed by atoms with E-state index < -0.39 is 36.0 Å². The van der Waals surface area contributed by atoms with Crippen LogP contribution in [0.2, 0.25) is 0 Å². The molecule has 0 unspecified atom stereocenters. The molecule has 0 saturated heterocycles. The fraction of sp³-hybridized carbons (Fsp3) is 0.600. The zero-order chi connectivity index (χ0) is 16.3. The predicted molar refractivity (Wildman–Crippen MR) is 87.1 cm³/mol. The molecule has 164 valence electrons. The molecule has 0 aliphatic carbocycles. The first-order valence-corrected chi connectivity index (χ1v) is 5.44. The summed E-state index contributed by atoms with van der Waals surface area (Å²) >= 11 is 0. The van der Waals surface area contributed by atoms with Crippen molar-refractivity contribution >= 4 is 69.4 Å². The Labute approximate surface area is 190 Å². The molecule has 0 heterocycles. The molecule has 0 aromatic rings. The van der Waals surface area contributed by atoms with Crippen molar-refractivity contribution in [1.82, 2.24) is 0 Å². The molecule has 18 N–H and O–H groups in total. The second-order valence-corrected chi connectivity index (χ2v) is 3.72. The van der Waals surface area contributed by atoms with Gasteiger partial charge in [-0.25, -0.2) is 0 Å². The van der Waals surface area contributed by atoms with Crippen molar-refractivity contribution in [1.29, 1.82) is 0 Å². The minimum absolute atomic E-state index is 0. The van der Waals surface area contributed by atoms with E-state index in [-0.39, 0.29) is 104 Å². The fourth-order valence-electron chi connectivity index (χ4n) is 0.794. The van der Waals surface area contributed by atoms with E-state index in [1.54, 1.807) is 0 Å². The van der Waals surface area contributed by atoms with Crippen LogP contribution in [0.15, 0.2) is 0 Å². The van der Waals surface area contributed by atoms with Crippen LogP contribution >= 0.6 is 0 Å². The van der Waals surface area contributed by atoms with Crippen molar-refractivity contribution in [2.75, 3.05) is 0 Å². The van der Waals surface area contributed by atoms with Gasteiger partial charge in [0, 0.05) is 24.9 Å². The SMILES string of the molecule is N[C@H](CCC(=O)O)C(=O)[O-].N[C@H](CCC(=O)O)C(=O)[O-].O.O.O.O.O.O.[Sr+2]. The Morgan fingerprint density at radius 1 is 0.667 bits per heavy atom. The fourth-order valence-corrected chi connectivity index (χ4v) is 0.794. The topological polar surface area (TPSA) is 396 Å². The quantitative estimate of drug-likeness (QED) is 0.234. The molecule has 16 nitrogen and oxygen atoms in total. The van der Waals surface area contributed by atoms with Crippen molar-refractivity contribution in [2.45, 2.75) is 37.8 Å². The summed E-state index contributed by atoms with van der Waals surface area (Å²) in [4.78, 5) is 39.5.